The molecule has 0 radical (unpaired) electrons. The number of aliphatic hydroxyl groups is 1. The molecule has 5 rings (SSSR count). The summed E-state index contributed by atoms with van der Waals surface area (Å²) in [5.74, 6) is 0.802. The summed E-state index contributed by atoms with van der Waals surface area (Å²) in [6.45, 7) is 16.1. The van der Waals surface area contributed by atoms with E-state index in [0.717, 1.165) is 44.1 Å². The average Bonchev–Trinajstić information content (AvgIpc) is 2.72. The molecule has 0 unspecified atom stereocenters. The zero-order chi connectivity index (χ0) is 25.1. The summed E-state index contributed by atoms with van der Waals surface area (Å²) in [4.78, 5) is 25.7. The predicted molar refractivity (Wildman–Crippen MR) is 133 cm³/mol. The number of ketones is 1. The summed E-state index contributed by atoms with van der Waals surface area (Å²) in [6, 6.07) is 0. The molecule has 34 heavy (non-hydrogen) atoms. The van der Waals surface area contributed by atoms with E-state index in [2.05, 4.69) is 48.5 Å². The lowest BCUT2D eigenvalue weighted by Crippen LogP contribution is -2.65. The molecule has 0 bridgehead atoms. The molecule has 0 aliphatic heterocycles. The quantitative estimate of drug-likeness (QED) is 0.421. The van der Waals surface area contributed by atoms with E-state index in [1.54, 1.807) is 0 Å². The first-order valence-corrected chi connectivity index (χ1v) is 13.7. The second-order valence-corrected chi connectivity index (χ2v) is 15.0. The molecule has 2 N–H and O–H groups in total. The van der Waals surface area contributed by atoms with Gasteiger partial charge in [-0.25, -0.2) is 0 Å². The fraction of sp³-hybridized carbons (Fsp3) is 0.867. The second kappa shape index (κ2) is 6.91. The van der Waals surface area contributed by atoms with Crippen molar-refractivity contribution in [3.05, 3.63) is 11.3 Å². The summed E-state index contributed by atoms with van der Waals surface area (Å²) >= 11 is 0. The van der Waals surface area contributed by atoms with Gasteiger partial charge in [-0.15, -0.1) is 0 Å². The van der Waals surface area contributed by atoms with Gasteiger partial charge in [-0.3, -0.25) is 9.59 Å². The summed E-state index contributed by atoms with van der Waals surface area (Å²) in [5, 5.41) is 22.3. The van der Waals surface area contributed by atoms with Gasteiger partial charge in [0.15, 0.2) is 0 Å². The van der Waals surface area contributed by atoms with Crippen LogP contribution in [-0.2, 0) is 9.59 Å². The molecule has 0 amide bonds. The number of allylic oxidation sites excluding steroid dienone is 2. The van der Waals surface area contributed by atoms with Crippen molar-refractivity contribution < 1.29 is 19.8 Å². The third-order valence-corrected chi connectivity index (χ3v) is 12.9. The van der Waals surface area contributed by atoms with E-state index in [1.807, 2.05) is 0 Å². The van der Waals surface area contributed by atoms with Crippen LogP contribution in [0.5, 0.6) is 0 Å². The zero-order valence-electron chi connectivity index (χ0n) is 22.5. The number of aliphatic hydroxyl groups excluding tert-OH is 1. The molecule has 0 heterocycles. The minimum absolute atomic E-state index is 0.00251. The van der Waals surface area contributed by atoms with E-state index in [0.29, 0.717) is 49.1 Å². The van der Waals surface area contributed by atoms with Crippen LogP contribution in [0, 0.1) is 50.2 Å². The second-order valence-electron chi connectivity index (χ2n) is 15.0. The highest BCUT2D eigenvalue weighted by Gasteiger charge is 2.70. The van der Waals surface area contributed by atoms with Crippen molar-refractivity contribution in [3.8, 4) is 0 Å². The number of hydrogen-bond donors (Lipinski definition) is 2. The summed E-state index contributed by atoms with van der Waals surface area (Å²) in [5.41, 5.74) is -0.0421. The van der Waals surface area contributed by atoms with Crippen molar-refractivity contribution in [2.24, 2.45) is 50.2 Å². The molecule has 0 spiro atoms. The Labute approximate surface area is 206 Å². The first kappa shape index (κ1) is 24.4. The molecular formula is C30H46O4. The molecule has 4 nitrogen and oxygen atoms in total. The molecule has 7 atom stereocenters. The van der Waals surface area contributed by atoms with Gasteiger partial charge in [0.2, 0.25) is 0 Å². The normalized spacial score (nSPS) is 49.4. The Balaban J connectivity index is 1.65. The number of rotatable bonds is 1. The zero-order valence-corrected chi connectivity index (χ0v) is 22.5. The smallest absolute Gasteiger partial charge is 0.310 e. The van der Waals surface area contributed by atoms with Crippen LogP contribution in [0.25, 0.3) is 0 Å². The average molecular weight is 471 g/mol. The Bertz CT molecular complexity index is 974. The van der Waals surface area contributed by atoms with E-state index >= 15 is 0 Å². The molecule has 0 aromatic rings. The summed E-state index contributed by atoms with van der Waals surface area (Å²) < 4.78 is 0. The fourth-order valence-corrected chi connectivity index (χ4v) is 10.5. The lowest BCUT2D eigenvalue weighted by molar-refractivity contribution is -0.193. The number of carboxylic acid groups (broad SMARTS) is 1. The molecular weight excluding hydrogens is 424 g/mol. The van der Waals surface area contributed by atoms with Crippen LogP contribution in [0.3, 0.4) is 0 Å². The molecule has 0 aromatic heterocycles. The van der Waals surface area contributed by atoms with Crippen molar-refractivity contribution >= 4 is 11.8 Å². The number of aliphatic carboxylic acids is 1. The molecule has 5 aliphatic carbocycles. The van der Waals surface area contributed by atoms with E-state index in [9.17, 15) is 19.8 Å². The Morgan fingerprint density at radius 2 is 1.53 bits per heavy atom. The molecule has 4 fully saturated rings. The summed E-state index contributed by atoms with van der Waals surface area (Å²) in [7, 11) is 0. The van der Waals surface area contributed by atoms with Crippen LogP contribution < -0.4 is 0 Å². The van der Waals surface area contributed by atoms with Crippen LogP contribution >= 0.6 is 0 Å². The van der Waals surface area contributed by atoms with Crippen LogP contribution in [0.2, 0.25) is 0 Å². The number of carbonyl (C=O) groups is 2. The lowest BCUT2D eigenvalue weighted by Gasteiger charge is -2.70. The monoisotopic (exact) mass is 470 g/mol. The highest BCUT2D eigenvalue weighted by Crippen LogP contribution is 2.76. The molecule has 190 valence electrons. The van der Waals surface area contributed by atoms with E-state index < -0.39 is 11.4 Å². The van der Waals surface area contributed by atoms with E-state index in [1.165, 1.54) is 0 Å². The molecule has 5 aliphatic rings. The maximum atomic E-state index is 12.9. The van der Waals surface area contributed by atoms with Crippen molar-refractivity contribution in [2.45, 2.75) is 113 Å². The minimum Gasteiger partial charge on any atom is -0.512 e. The van der Waals surface area contributed by atoms with Crippen LogP contribution in [0.4, 0.5) is 0 Å². The number of carboxylic acids is 1. The first-order valence-electron chi connectivity index (χ1n) is 13.7. The van der Waals surface area contributed by atoms with Gasteiger partial charge in [-0.1, -0.05) is 48.5 Å². The van der Waals surface area contributed by atoms with Gasteiger partial charge >= 0.3 is 5.97 Å². The summed E-state index contributed by atoms with van der Waals surface area (Å²) in [6.07, 6.45) is 8.33. The first-order chi connectivity index (χ1) is 15.6. The van der Waals surface area contributed by atoms with Gasteiger partial charge in [-0.05, 0) is 90.4 Å². The third kappa shape index (κ3) is 2.78. The Morgan fingerprint density at radius 1 is 0.882 bits per heavy atom. The molecule has 4 saturated carbocycles. The largest absolute Gasteiger partial charge is 0.512 e. The Hall–Kier alpha value is -1.32. The predicted octanol–water partition coefficient (Wildman–Crippen LogP) is 7.33. The SMILES string of the molecule is CC1(C)CC[C@]2(C(=O)O)CC[C@]3(C)C(=C(O)C[C@@H]4[C@@]5(C)CCC(=O)C(C)(C)[C@@H]5CC[C@]43C)[C@@H]2C1. The number of hydrogen-bond acceptors (Lipinski definition) is 3. The third-order valence-electron chi connectivity index (χ3n) is 12.9. The molecule has 0 aromatic carbocycles. The van der Waals surface area contributed by atoms with E-state index in [4.69, 9.17) is 0 Å². The maximum absolute atomic E-state index is 12.9. The maximum Gasteiger partial charge on any atom is 0.310 e. The lowest BCUT2D eigenvalue weighted by atomic mass is 9.33. The highest BCUT2D eigenvalue weighted by atomic mass is 16.4. The van der Waals surface area contributed by atoms with Gasteiger partial charge in [0.05, 0.1) is 11.2 Å². The number of Topliss-reactive ketones (excluding diaryl/α,β-unsaturated/α-hetero) is 1. The van der Waals surface area contributed by atoms with Crippen molar-refractivity contribution in [1.82, 2.24) is 0 Å². The molecule has 4 heteroatoms. The fourth-order valence-electron chi connectivity index (χ4n) is 10.5. The van der Waals surface area contributed by atoms with Crippen LogP contribution in [0.15, 0.2) is 11.3 Å². The van der Waals surface area contributed by atoms with Gasteiger partial charge in [0, 0.05) is 24.2 Å². The number of fused-ring (bicyclic) bond motifs is 7. The van der Waals surface area contributed by atoms with Crippen LogP contribution in [0.1, 0.15) is 113 Å². The molecule has 0 saturated heterocycles. The number of carbonyl (C=O) groups excluding carboxylic acids is 1. The Kier molecular flexibility index (Phi) is 4.96. The topological polar surface area (TPSA) is 74.6 Å². The van der Waals surface area contributed by atoms with E-state index in [-0.39, 0.29) is 33.0 Å². The standard InChI is InChI=1S/C30H46O4/c1-25(2)12-14-30(24(33)34)15-13-29(7)23(18(30)17-25)19(31)16-21-27(5)10-9-22(32)26(3,4)20(27)8-11-28(21,29)6/h18,20-21,31H,8-17H2,1-7H3,(H,33,34)/t18-,20-,21+,27-,28+,29+,30-/m0/s1. The highest BCUT2D eigenvalue weighted by molar-refractivity contribution is 5.85. The van der Waals surface area contributed by atoms with Crippen molar-refractivity contribution in [3.63, 3.8) is 0 Å². The minimum atomic E-state index is -0.734. The van der Waals surface area contributed by atoms with Crippen LogP contribution in [-0.4, -0.2) is 22.0 Å². The van der Waals surface area contributed by atoms with Crippen molar-refractivity contribution in [2.75, 3.05) is 0 Å². The van der Waals surface area contributed by atoms with Gasteiger partial charge in [0.1, 0.15) is 5.78 Å². The van der Waals surface area contributed by atoms with Gasteiger partial charge < -0.3 is 10.2 Å². The van der Waals surface area contributed by atoms with Crippen molar-refractivity contribution in [1.29, 1.82) is 0 Å². The van der Waals surface area contributed by atoms with Gasteiger partial charge in [0.25, 0.3) is 0 Å². The Morgan fingerprint density at radius 3 is 2.18 bits per heavy atom. The van der Waals surface area contributed by atoms with Gasteiger partial charge in [-0.2, -0.15) is 0 Å².